The first-order valence-electron chi connectivity index (χ1n) is 16.2. The Hall–Kier alpha value is -3.18. The van der Waals surface area contributed by atoms with Crippen LogP contribution in [0.4, 0.5) is 11.4 Å². The van der Waals surface area contributed by atoms with Gasteiger partial charge in [-0.05, 0) is 67.8 Å². The number of alkyl halides is 1. The lowest BCUT2D eigenvalue weighted by Crippen LogP contribution is -2.60. The van der Waals surface area contributed by atoms with E-state index in [9.17, 15) is 19.5 Å². The van der Waals surface area contributed by atoms with E-state index in [1.54, 1.807) is 70.5 Å². The molecule has 8 atom stereocenters. The van der Waals surface area contributed by atoms with E-state index in [2.05, 4.69) is 29.1 Å². The van der Waals surface area contributed by atoms with Crippen LogP contribution in [0.1, 0.15) is 33.6 Å². The molecule has 0 saturated carbocycles. The van der Waals surface area contributed by atoms with Crippen LogP contribution in [-0.2, 0) is 19.1 Å². The number of nitrogens with zero attached hydrogens (tertiary/aromatic N) is 3. The van der Waals surface area contributed by atoms with E-state index in [-0.39, 0.29) is 48.2 Å². The van der Waals surface area contributed by atoms with Crippen LogP contribution in [0.25, 0.3) is 0 Å². The number of hydrogen-bond acceptors (Lipinski definition) is 6. The minimum absolute atomic E-state index is 0.134. The molecule has 3 fully saturated rings. The van der Waals surface area contributed by atoms with Gasteiger partial charge in [0.1, 0.15) is 17.4 Å². The van der Waals surface area contributed by atoms with Gasteiger partial charge in [0.15, 0.2) is 0 Å². The van der Waals surface area contributed by atoms with Crippen LogP contribution in [0.2, 0.25) is 5.02 Å². The molecule has 0 radical (unpaired) electrons. The summed E-state index contributed by atoms with van der Waals surface area (Å²) < 4.78 is 12.4. The molecule has 11 heteroatoms. The number of halogens is 2. The molecule has 1 spiro atoms. The van der Waals surface area contributed by atoms with Gasteiger partial charge < -0.3 is 29.3 Å². The van der Waals surface area contributed by atoms with Gasteiger partial charge in [-0.25, -0.2) is 0 Å². The van der Waals surface area contributed by atoms with Gasteiger partial charge in [0.2, 0.25) is 11.8 Å². The van der Waals surface area contributed by atoms with Crippen molar-refractivity contribution < 1.29 is 29.0 Å². The van der Waals surface area contributed by atoms with Crippen LogP contribution >= 0.6 is 27.5 Å². The van der Waals surface area contributed by atoms with Crippen LogP contribution in [0.15, 0.2) is 73.8 Å². The molecule has 5 rings (SSSR count). The van der Waals surface area contributed by atoms with Gasteiger partial charge in [-0.15, -0.1) is 13.2 Å². The van der Waals surface area contributed by atoms with E-state index in [0.717, 1.165) is 0 Å². The number of hydrogen-bond donors (Lipinski definition) is 1. The highest BCUT2D eigenvalue weighted by molar-refractivity contribution is 9.09. The van der Waals surface area contributed by atoms with E-state index >= 15 is 0 Å². The van der Waals surface area contributed by atoms with Crippen LogP contribution in [-0.4, -0.2) is 82.6 Å². The zero-order chi connectivity index (χ0) is 34.0. The summed E-state index contributed by atoms with van der Waals surface area (Å²) in [7, 11) is 0. The molecule has 47 heavy (non-hydrogen) atoms. The fraction of sp³-hybridized carbons (Fsp3) is 0.472. The number of ether oxygens (including phenoxy) is 2. The third-order valence-electron chi connectivity index (χ3n) is 9.84. The van der Waals surface area contributed by atoms with Gasteiger partial charge in [-0.3, -0.25) is 14.4 Å². The number of benzene rings is 2. The van der Waals surface area contributed by atoms with E-state index in [0.29, 0.717) is 41.6 Å². The van der Waals surface area contributed by atoms with Crippen LogP contribution < -0.4 is 14.5 Å². The second kappa shape index (κ2) is 14.5. The van der Waals surface area contributed by atoms with Crippen molar-refractivity contribution in [2.24, 2.45) is 17.8 Å². The fourth-order valence-corrected chi connectivity index (χ4v) is 8.61. The minimum atomic E-state index is -1.31. The van der Waals surface area contributed by atoms with Crippen LogP contribution in [0.3, 0.4) is 0 Å². The Bertz CT molecular complexity index is 1490. The Morgan fingerprint density at radius 2 is 1.66 bits per heavy atom. The molecule has 2 aromatic carbocycles. The number of anilines is 2. The maximum absolute atomic E-state index is 14.9. The number of fused-ring (bicyclic) bond motifs is 1. The second-order valence-electron chi connectivity index (χ2n) is 12.4. The summed E-state index contributed by atoms with van der Waals surface area (Å²) in [6.45, 7) is 14.1. The van der Waals surface area contributed by atoms with E-state index < -0.39 is 35.6 Å². The van der Waals surface area contributed by atoms with E-state index in [1.807, 2.05) is 20.8 Å². The van der Waals surface area contributed by atoms with Gasteiger partial charge in [0, 0.05) is 34.3 Å². The van der Waals surface area contributed by atoms with E-state index in [1.165, 1.54) is 4.90 Å². The Morgan fingerprint density at radius 3 is 2.19 bits per heavy atom. The maximum atomic E-state index is 14.9. The number of likely N-dealkylation sites (tertiary alicyclic amines) is 1. The molecule has 3 unspecified atom stereocenters. The topological polar surface area (TPSA) is 99.6 Å². The monoisotopic (exact) mass is 727 g/mol. The number of carbonyl (C=O) groups excluding carboxylic acids is 3. The Morgan fingerprint density at radius 1 is 1.09 bits per heavy atom. The normalized spacial score (nSPS) is 27.2. The summed E-state index contributed by atoms with van der Waals surface area (Å²) in [6, 6.07) is 12.3. The minimum Gasteiger partial charge on any atom is -0.494 e. The molecule has 0 aromatic heterocycles. The van der Waals surface area contributed by atoms with Crippen molar-refractivity contribution in [3.8, 4) is 5.75 Å². The zero-order valence-electron chi connectivity index (χ0n) is 27.1. The zero-order valence-corrected chi connectivity index (χ0v) is 29.4. The van der Waals surface area contributed by atoms with Crippen molar-refractivity contribution in [1.29, 1.82) is 0 Å². The molecule has 3 aliphatic heterocycles. The highest BCUT2D eigenvalue weighted by Gasteiger charge is 2.77. The third kappa shape index (κ3) is 6.14. The molecule has 9 nitrogen and oxygen atoms in total. The number of aliphatic hydroxyl groups excluding tert-OH is 1. The second-order valence-corrected chi connectivity index (χ2v) is 14.0. The Kier molecular flexibility index (Phi) is 10.9. The van der Waals surface area contributed by atoms with Crippen molar-refractivity contribution in [1.82, 2.24) is 4.90 Å². The highest BCUT2D eigenvalue weighted by Crippen LogP contribution is 2.61. The molecule has 1 N–H and O–H groups in total. The summed E-state index contributed by atoms with van der Waals surface area (Å²) in [4.78, 5) is 48.8. The summed E-state index contributed by atoms with van der Waals surface area (Å²) >= 11 is 9.95. The lowest BCUT2D eigenvalue weighted by molar-refractivity contribution is -0.145. The van der Waals surface area contributed by atoms with Crippen molar-refractivity contribution in [3.63, 3.8) is 0 Å². The molecule has 2 bridgehead atoms. The van der Waals surface area contributed by atoms with Crippen LogP contribution in [0.5, 0.6) is 5.75 Å². The molecule has 0 aliphatic carbocycles. The first-order valence-corrected chi connectivity index (χ1v) is 17.5. The molecule has 3 amide bonds. The average Bonchev–Trinajstić information content (AvgIpc) is 3.66. The lowest BCUT2D eigenvalue weighted by Gasteiger charge is -2.41. The number of carbonyl (C=O) groups is 3. The highest BCUT2D eigenvalue weighted by atomic mass is 79.9. The van der Waals surface area contributed by atoms with Gasteiger partial charge in [0.05, 0.1) is 37.2 Å². The SMILES string of the molecule is C=CCN(C(=O)C1N([C@@H](CO)[C@@H](C)CC)C(=O)[C@@H]2[C@@H](C(=O)N(CC=C)c3ccc(OCC)cc3)[C@@H]3OC12CC3Br)c1ccc(Cl)cc1. The van der Waals surface area contributed by atoms with Gasteiger partial charge in [-0.2, -0.15) is 0 Å². The smallest absolute Gasteiger partial charge is 0.253 e. The summed E-state index contributed by atoms with van der Waals surface area (Å²) in [5.74, 6) is -2.29. The van der Waals surface area contributed by atoms with Crippen molar-refractivity contribution in [3.05, 3.63) is 78.9 Å². The van der Waals surface area contributed by atoms with Crippen LogP contribution in [0, 0.1) is 17.8 Å². The van der Waals surface area contributed by atoms with Gasteiger partial charge in [0.25, 0.3) is 5.91 Å². The quantitative estimate of drug-likeness (QED) is 0.200. The van der Waals surface area contributed by atoms with Crippen molar-refractivity contribution in [2.45, 2.75) is 62.2 Å². The summed E-state index contributed by atoms with van der Waals surface area (Å²) in [6.07, 6.45) is 3.62. The average molecular weight is 729 g/mol. The largest absolute Gasteiger partial charge is 0.494 e. The third-order valence-corrected chi connectivity index (χ3v) is 10.9. The van der Waals surface area contributed by atoms with Gasteiger partial charge in [-0.1, -0.05) is 60.0 Å². The molecule has 3 aliphatic rings. The summed E-state index contributed by atoms with van der Waals surface area (Å²) in [5.41, 5.74) is -0.0959. The molecule has 3 saturated heterocycles. The van der Waals surface area contributed by atoms with E-state index in [4.69, 9.17) is 21.1 Å². The Balaban J connectivity index is 1.61. The standard InChI is InChI=1S/C36H43BrClN3O6/c1-6-18-39(25-14-16-26(17-15-25)46-9-4)33(43)29-30-34(44)41(28(21-42)22(5)8-3)32(36(30)20-27(37)31(29)47-36)35(45)40(19-7-2)24-12-10-23(38)11-13-24/h6-7,10-17,22,27-32,42H,1-2,8-9,18-21H2,3-5H3/t22-,27?,28-,29+,30-,31+,32?,36?/m0/s1. The number of aliphatic hydroxyl groups is 1. The molecular weight excluding hydrogens is 686 g/mol. The molecule has 2 aromatic rings. The molecule has 252 valence electrons. The molecule has 3 heterocycles. The predicted molar refractivity (Wildman–Crippen MR) is 187 cm³/mol. The Labute approximate surface area is 290 Å². The predicted octanol–water partition coefficient (Wildman–Crippen LogP) is 5.63. The first kappa shape index (κ1) is 35.1. The molecular formula is C36H43BrClN3O6. The number of rotatable bonds is 14. The maximum Gasteiger partial charge on any atom is 0.253 e. The van der Waals surface area contributed by atoms with Gasteiger partial charge >= 0.3 is 0 Å². The number of amides is 3. The lowest BCUT2D eigenvalue weighted by atomic mass is 9.70. The van der Waals surface area contributed by atoms with Crippen molar-refractivity contribution >= 4 is 56.6 Å². The first-order chi connectivity index (χ1) is 22.6. The van der Waals surface area contributed by atoms with Crippen molar-refractivity contribution in [2.75, 3.05) is 36.1 Å². The fourth-order valence-electron chi connectivity index (χ4n) is 7.54. The summed E-state index contributed by atoms with van der Waals surface area (Å²) in [5, 5.41) is 11.2.